The van der Waals surface area contributed by atoms with Crippen LogP contribution >= 0.6 is 22.6 Å². The fraction of sp³-hybridized carbons (Fsp3) is 0.263. The van der Waals surface area contributed by atoms with Crippen LogP contribution in [0, 0.1) is 3.57 Å². The van der Waals surface area contributed by atoms with Crippen LogP contribution in [0.5, 0.6) is 5.75 Å². The lowest BCUT2D eigenvalue weighted by Crippen LogP contribution is -2.14. The van der Waals surface area contributed by atoms with Crippen molar-refractivity contribution in [1.29, 1.82) is 0 Å². The summed E-state index contributed by atoms with van der Waals surface area (Å²) < 4.78 is 6.21. The summed E-state index contributed by atoms with van der Waals surface area (Å²) in [7, 11) is 1.53. The number of carbonyl (C=O) groups is 2. The third kappa shape index (κ3) is 5.45. The molecule has 2 aromatic rings. The maximum absolute atomic E-state index is 12.4. The van der Waals surface area contributed by atoms with Gasteiger partial charge in [-0.2, -0.15) is 0 Å². The normalized spacial score (nSPS) is 10.2. The summed E-state index contributed by atoms with van der Waals surface area (Å²) in [6.45, 7) is 2.04. The maximum atomic E-state index is 12.4. The van der Waals surface area contributed by atoms with E-state index in [4.69, 9.17) is 4.74 Å². The smallest absolute Gasteiger partial charge is 0.256 e. The van der Waals surface area contributed by atoms with E-state index in [1.807, 2.05) is 25.1 Å². The first-order valence-corrected chi connectivity index (χ1v) is 9.16. The van der Waals surface area contributed by atoms with Gasteiger partial charge in [-0.05, 0) is 53.3 Å². The predicted molar refractivity (Wildman–Crippen MR) is 108 cm³/mol. The lowest BCUT2D eigenvalue weighted by Gasteiger charge is -2.13. The Kier molecular flexibility index (Phi) is 7.24. The monoisotopic (exact) mass is 452 g/mol. The summed E-state index contributed by atoms with van der Waals surface area (Å²) in [5.41, 5.74) is 1.81. The molecular weight excluding hydrogens is 431 g/mol. The second-order valence-corrected chi connectivity index (χ2v) is 6.66. The number of halogens is 1. The molecule has 6 heteroatoms. The Hall–Kier alpha value is -2.09. The zero-order chi connectivity index (χ0) is 18.2. The molecule has 0 saturated carbocycles. The molecule has 0 radical (unpaired) electrons. The van der Waals surface area contributed by atoms with Gasteiger partial charge in [0.25, 0.3) is 5.91 Å². The highest BCUT2D eigenvalue weighted by Gasteiger charge is 2.12. The number of benzene rings is 2. The highest BCUT2D eigenvalue weighted by atomic mass is 127. The van der Waals surface area contributed by atoms with Gasteiger partial charge in [-0.25, -0.2) is 0 Å². The summed E-state index contributed by atoms with van der Waals surface area (Å²) in [6.07, 6.45) is 2.29. The topological polar surface area (TPSA) is 67.4 Å². The lowest BCUT2D eigenvalue weighted by molar-refractivity contribution is -0.116. The number of nitrogens with one attached hydrogen (secondary N) is 2. The highest BCUT2D eigenvalue weighted by molar-refractivity contribution is 14.1. The zero-order valence-electron chi connectivity index (χ0n) is 14.3. The molecule has 0 aliphatic heterocycles. The van der Waals surface area contributed by atoms with Gasteiger partial charge in [0, 0.05) is 21.7 Å². The second-order valence-electron chi connectivity index (χ2n) is 5.50. The number of methoxy groups -OCH3 is 1. The molecule has 2 aromatic carbocycles. The maximum Gasteiger partial charge on any atom is 0.256 e. The van der Waals surface area contributed by atoms with E-state index < -0.39 is 0 Å². The largest absolute Gasteiger partial charge is 0.494 e. The molecule has 0 unspecified atom stereocenters. The van der Waals surface area contributed by atoms with Crippen molar-refractivity contribution in [3.05, 3.63) is 51.6 Å². The van der Waals surface area contributed by atoms with Crippen LogP contribution in [0.4, 0.5) is 11.4 Å². The molecular formula is C19H21IN2O3. The lowest BCUT2D eigenvalue weighted by atomic mass is 10.2. The van der Waals surface area contributed by atoms with Gasteiger partial charge in [-0.15, -0.1) is 0 Å². The summed E-state index contributed by atoms with van der Waals surface area (Å²) >= 11 is 2.13. The van der Waals surface area contributed by atoms with Crippen LogP contribution in [0.15, 0.2) is 42.5 Å². The third-order valence-corrected chi connectivity index (χ3v) is 4.55. The third-order valence-electron chi connectivity index (χ3n) is 3.61. The molecule has 0 aromatic heterocycles. The average molecular weight is 452 g/mol. The van der Waals surface area contributed by atoms with E-state index in [-0.39, 0.29) is 11.8 Å². The van der Waals surface area contributed by atoms with Crippen molar-refractivity contribution in [2.24, 2.45) is 0 Å². The SMILES string of the molecule is CCCCC(=O)Nc1ccc(NC(=O)c2ccccc2I)cc1OC. The minimum absolute atomic E-state index is 0.0456. The Balaban J connectivity index is 2.11. The van der Waals surface area contributed by atoms with Crippen molar-refractivity contribution < 1.29 is 14.3 Å². The van der Waals surface area contributed by atoms with Crippen molar-refractivity contribution in [3.8, 4) is 5.75 Å². The molecule has 0 atom stereocenters. The number of hydrogen-bond acceptors (Lipinski definition) is 3. The highest BCUT2D eigenvalue weighted by Crippen LogP contribution is 2.28. The molecule has 2 rings (SSSR count). The van der Waals surface area contributed by atoms with Crippen LogP contribution in [0.3, 0.4) is 0 Å². The van der Waals surface area contributed by atoms with E-state index in [1.165, 1.54) is 7.11 Å². The molecule has 0 heterocycles. The van der Waals surface area contributed by atoms with E-state index in [0.29, 0.717) is 29.1 Å². The summed E-state index contributed by atoms with van der Waals surface area (Å²) in [4.78, 5) is 24.3. The molecule has 5 nitrogen and oxygen atoms in total. The van der Waals surface area contributed by atoms with Gasteiger partial charge < -0.3 is 15.4 Å². The van der Waals surface area contributed by atoms with Crippen molar-refractivity contribution >= 4 is 45.8 Å². The fourth-order valence-corrected chi connectivity index (χ4v) is 2.90. The van der Waals surface area contributed by atoms with Gasteiger partial charge in [-0.1, -0.05) is 25.5 Å². The van der Waals surface area contributed by atoms with Crippen LogP contribution in [0.2, 0.25) is 0 Å². The standard InChI is InChI=1S/C19H21IN2O3/c1-3-4-9-18(23)22-16-11-10-13(12-17(16)25-2)21-19(24)14-7-5-6-8-15(14)20/h5-8,10-12H,3-4,9H2,1-2H3,(H,21,24)(H,22,23). The molecule has 0 spiro atoms. The summed E-state index contributed by atoms with van der Waals surface area (Å²) in [6, 6.07) is 12.5. The molecule has 0 aliphatic carbocycles. The Labute approximate surface area is 161 Å². The van der Waals surface area contributed by atoms with E-state index in [1.54, 1.807) is 24.3 Å². The van der Waals surface area contributed by atoms with Crippen LogP contribution < -0.4 is 15.4 Å². The van der Waals surface area contributed by atoms with E-state index in [2.05, 4.69) is 33.2 Å². The molecule has 0 aliphatic rings. The number of carbonyl (C=O) groups excluding carboxylic acids is 2. The Bertz CT molecular complexity index is 762. The summed E-state index contributed by atoms with van der Waals surface area (Å²) in [5.74, 6) is 0.271. The van der Waals surface area contributed by atoms with Crippen molar-refractivity contribution in [2.75, 3.05) is 17.7 Å². The van der Waals surface area contributed by atoms with Gasteiger partial charge >= 0.3 is 0 Å². The Morgan fingerprint density at radius 2 is 1.88 bits per heavy atom. The first-order chi connectivity index (χ1) is 12.0. The van der Waals surface area contributed by atoms with Crippen LogP contribution in [-0.4, -0.2) is 18.9 Å². The minimum atomic E-state index is -0.188. The number of hydrogen-bond donors (Lipinski definition) is 2. The van der Waals surface area contributed by atoms with E-state index in [0.717, 1.165) is 16.4 Å². The minimum Gasteiger partial charge on any atom is -0.494 e. The van der Waals surface area contributed by atoms with E-state index in [9.17, 15) is 9.59 Å². The van der Waals surface area contributed by atoms with Gasteiger partial charge in [-0.3, -0.25) is 9.59 Å². The number of unbranched alkanes of at least 4 members (excludes halogenated alkanes) is 1. The van der Waals surface area contributed by atoms with Gasteiger partial charge in [0.2, 0.25) is 5.91 Å². The molecule has 0 saturated heterocycles. The number of amides is 2. The van der Waals surface area contributed by atoms with Crippen LogP contribution in [0.25, 0.3) is 0 Å². The Morgan fingerprint density at radius 3 is 2.56 bits per heavy atom. The van der Waals surface area contributed by atoms with Crippen LogP contribution in [-0.2, 0) is 4.79 Å². The van der Waals surface area contributed by atoms with Gasteiger partial charge in [0.05, 0.1) is 18.4 Å². The van der Waals surface area contributed by atoms with Crippen molar-refractivity contribution in [3.63, 3.8) is 0 Å². The fourth-order valence-electron chi connectivity index (χ4n) is 2.27. The first-order valence-electron chi connectivity index (χ1n) is 8.09. The predicted octanol–water partition coefficient (Wildman–Crippen LogP) is 4.68. The quantitative estimate of drug-likeness (QED) is 0.600. The number of ether oxygens (including phenoxy) is 1. The van der Waals surface area contributed by atoms with E-state index >= 15 is 0 Å². The first kappa shape index (κ1) is 19.2. The van der Waals surface area contributed by atoms with Crippen LogP contribution in [0.1, 0.15) is 36.5 Å². The summed E-state index contributed by atoms with van der Waals surface area (Å²) in [5, 5.41) is 5.69. The van der Waals surface area contributed by atoms with Gasteiger partial charge in [0.1, 0.15) is 5.75 Å². The van der Waals surface area contributed by atoms with Crippen molar-refractivity contribution in [2.45, 2.75) is 26.2 Å². The average Bonchev–Trinajstić information content (AvgIpc) is 2.61. The molecule has 25 heavy (non-hydrogen) atoms. The number of anilines is 2. The molecule has 2 amide bonds. The molecule has 2 N–H and O–H groups in total. The van der Waals surface area contributed by atoms with Gasteiger partial charge in [0.15, 0.2) is 0 Å². The van der Waals surface area contributed by atoms with Crippen molar-refractivity contribution in [1.82, 2.24) is 0 Å². The zero-order valence-corrected chi connectivity index (χ0v) is 16.4. The molecule has 132 valence electrons. The Morgan fingerprint density at radius 1 is 1.12 bits per heavy atom. The molecule has 0 fully saturated rings. The molecule has 0 bridgehead atoms. The number of rotatable bonds is 7. The second kappa shape index (κ2) is 9.41.